The Balaban J connectivity index is 1.41. The van der Waals surface area contributed by atoms with Crippen LogP contribution in [0.3, 0.4) is 0 Å². The summed E-state index contributed by atoms with van der Waals surface area (Å²) in [4.78, 5) is 24.1. The maximum atomic E-state index is 12.4. The first-order valence-corrected chi connectivity index (χ1v) is 7.56. The second-order valence-corrected chi connectivity index (χ2v) is 6.86. The Morgan fingerprint density at radius 1 is 1.33 bits per heavy atom. The number of carbonyl (C=O) groups excluding carboxylic acids is 2. The van der Waals surface area contributed by atoms with Gasteiger partial charge in [0, 0.05) is 6.07 Å². The SMILES string of the molecule is CC(C)OC(=O)c1cc(NC(=O)C2C3(CC3)C23CC3)n[nH]1. The second-order valence-electron chi connectivity index (χ2n) is 6.86. The number of nitrogens with zero attached hydrogens (tertiary/aromatic N) is 1. The average Bonchev–Trinajstić information content (AvgIpc) is 3.35. The van der Waals surface area contributed by atoms with Gasteiger partial charge >= 0.3 is 5.97 Å². The molecule has 1 amide bonds. The minimum Gasteiger partial charge on any atom is -0.458 e. The van der Waals surface area contributed by atoms with E-state index in [2.05, 4.69) is 15.5 Å². The summed E-state index contributed by atoms with van der Waals surface area (Å²) < 4.78 is 5.08. The van der Waals surface area contributed by atoms with Gasteiger partial charge in [-0.3, -0.25) is 9.89 Å². The molecule has 4 rings (SSSR count). The van der Waals surface area contributed by atoms with Crippen LogP contribution < -0.4 is 5.32 Å². The van der Waals surface area contributed by atoms with E-state index in [0.29, 0.717) is 16.6 Å². The highest BCUT2D eigenvalue weighted by atomic mass is 16.5. The van der Waals surface area contributed by atoms with Crippen molar-refractivity contribution >= 4 is 17.7 Å². The predicted octanol–water partition coefficient (Wildman–Crippen LogP) is 2.10. The van der Waals surface area contributed by atoms with Crippen LogP contribution in [0.1, 0.15) is 50.0 Å². The highest BCUT2D eigenvalue weighted by Crippen LogP contribution is 2.92. The third kappa shape index (κ3) is 1.74. The number of esters is 1. The number of ether oxygens (including phenoxy) is 1. The van der Waals surface area contributed by atoms with Crippen molar-refractivity contribution in [1.29, 1.82) is 0 Å². The van der Waals surface area contributed by atoms with Gasteiger partial charge in [0.05, 0.1) is 12.0 Å². The quantitative estimate of drug-likeness (QED) is 0.831. The Morgan fingerprint density at radius 2 is 1.95 bits per heavy atom. The number of nitrogens with one attached hydrogen (secondary N) is 2. The van der Waals surface area contributed by atoms with E-state index in [1.54, 1.807) is 13.8 Å². The number of aromatic nitrogens is 2. The number of anilines is 1. The van der Waals surface area contributed by atoms with E-state index >= 15 is 0 Å². The molecule has 2 N–H and O–H groups in total. The fourth-order valence-electron chi connectivity index (χ4n) is 4.05. The zero-order chi connectivity index (χ0) is 14.8. The van der Waals surface area contributed by atoms with E-state index in [4.69, 9.17) is 4.74 Å². The fourth-order valence-corrected chi connectivity index (χ4v) is 4.05. The van der Waals surface area contributed by atoms with Gasteiger partial charge in [0.1, 0.15) is 5.69 Å². The van der Waals surface area contributed by atoms with Crippen molar-refractivity contribution in [2.45, 2.75) is 45.6 Å². The van der Waals surface area contributed by atoms with Crippen LogP contribution in [0, 0.1) is 16.7 Å². The normalized spacial score (nSPS) is 23.4. The molecule has 2 spiro atoms. The predicted molar refractivity (Wildman–Crippen MR) is 74.6 cm³/mol. The van der Waals surface area contributed by atoms with E-state index in [0.717, 1.165) is 0 Å². The Bertz CT molecular complexity index is 608. The molecule has 0 aliphatic heterocycles. The van der Waals surface area contributed by atoms with E-state index in [-0.39, 0.29) is 23.6 Å². The molecule has 3 fully saturated rings. The molecule has 0 saturated heterocycles. The van der Waals surface area contributed by atoms with Crippen LogP contribution >= 0.6 is 0 Å². The van der Waals surface area contributed by atoms with Gasteiger partial charge in [-0.15, -0.1) is 0 Å². The molecule has 0 aromatic carbocycles. The van der Waals surface area contributed by atoms with Gasteiger partial charge in [-0.2, -0.15) is 5.10 Å². The number of H-pyrrole nitrogens is 1. The van der Waals surface area contributed by atoms with Crippen LogP contribution in [0.15, 0.2) is 6.07 Å². The zero-order valence-electron chi connectivity index (χ0n) is 12.2. The van der Waals surface area contributed by atoms with Crippen LogP contribution in [-0.4, -0.2) is 28.2 Å². The first-order valence-electron chi connectivity index (χ1n) is 7.56. The summed E-state index contributed by atoms with van der Waals surface area (Å²) in [5, 5.41) is 9.42. The smallest absolute Gasteiger partial charge is 0.356 e. The molecule has 0 radical (unpaired) electrons. The summed E-state index contributed by atoms with van der Waals surface area (Å²) in [6.45, 7) is 3.57. The maximum Gasteiger partial charge on any atom is 0.356 e. The van der Waals surface area contributed by atoms with Gasteiger partial charge in [-0.1, -0.05) is 0 Å². The van der Waals surface area contributed by atoms with E-state index in [9.17, 15) is 9.59 Å². The molecule has 3 aliphatic carbocycles. The first kappa shape index (κ1) is 12.9. The summed E-state index contributed by atoms with van der Waals surface area (Å²) in [5.41, 5.74) is 0.914. The lowest BCUT2D eigenvalue weighted by Gasteiger charge is -2.05. The third-order valence-corrected chi connectivity index (χ3v) is 5.24. The lowest BCUT2D eigenvalue weighted by atomic mass is 10.3. The van der Waals surface area contributed by atoms with Crippen LogP contribution in [0.4, 0.5) is 5.82 Å². The number of hydrogen-bond donors (Lipinski definition) is 2. The van der Waals surface area contributed by atoms with Gasteiger partial charge in [-0.05, 0) is 50.4 Å². The van der Waals surface area contributed by atoms with Gasteiger partial charge in [-0.25, -0.2) is 4.79 Å². The van der Waals surface area contributed by atoms with Crippen molar-refractivity contribution in [2.75, 3.05) is 5.32 Å². The minimum absolute atomic E-state index is 0.0558. The number of aromatic amines is 1. The first-order chi connectivity index (χ1) is 9.98. The molecule has 1 aromatic rings. The van der Waals surface area contributed by atoms with Gasteiger partial charge in [0.25, 0.3) is 0 Å². The summed E-state index contributed by atoms with van der Waals surface area (Å²) in [7, 11) is 0. The molecule has 3 saturated carbocycles. The largest absolute Gasteiger partial charge is 0.458 e. The topological polar surface area (TPSA) is 84.1 Å². The fraction of sp³-hybridized carbons (Fsp3) is 0.667. The van der Waals surface area contributed by atoms with E-state index in [1.807, 2.05) is 0 Å². The highest BCUT2D eigenvalue weighted by molar-refractivity contribution is 5.98. The van der Waals surface area contributed by atoms with Crippen molar-refractivity contribution in [2.24, 2.45) is 16.7 Å². The van der Waals surface area contributed by atoms with Crippen molar-refractivity contribution in [3.63, 3.8) is 0 Å². The van der Waals surface area contributed by atoms with Crippen molar-refractivity contribution in [3.8, 4) is 0 Å². The van der Waals surface area contributed by atoms with Crippen molar-refractivity contribution in [1.82, 2.24) is 10.2 Å². The molecule has 6 nitrogen and oxygen atoms in total. The highest BCUT2D eigenvalue weighted by Gasteiger charge is 2.88. The van der Waals surface area contributed by atoms with Crippen LogP contribution in [0.2, 0.25) is 0 Å². The Hall–Kier alpha value is -1.85. The summed E-state index contributed by atoms with van der Waals surface area (Å²) in [6.07, 6.45) is 4.58. The Kier molecular flexibility index (Phi) is 2.37. The molecule has 0 unspecified atom stereocenters. The average molecular weight is 289 g/mol. The zero-order valence-corrected chi connectivity index (χ0v) is 12.2. The number of hydrogen-bond acceptors (Lipinski definition) is 4. The number of carbonyl (C=O) groups is 2. The molecule has 3 aliphatic rings. The summed E-state index contributed by atoms with van der Waals surface area (Å²) in [6, 6.07) is 1.53. The van der Waals surface area contributed by atoms with Gasteiger partial charge in [0.15, 0.2) is 5.82 Å². The third-order valence-electron chi connectivity index (χ3n) is 5.24. The van der Waals surface area contributed by atoms with Crippen LogP contribution in [0.25, 0.3) is 0 Å². The molecule has 0 atom stereocenters. The van der Waals surface area contributed by atoms with Crippen molar-refractivity contribution in [3.05, 3.63) is 11.8 Å². The minimum atomic E-state index is -0.457. The van der Waals surface area contributed by atoms with E-state index in [1.165, 1.54) is 31.7 Å². The standard InChI is InChI=1S/C15H19N3O3/c1-8(2)21-13(20)9-7-10(18-17-9)16-12(19)11-14(3-4-14)15(11)5-6-15/h7-8,11H,3-6H2,1-2H3,(H2,16,17,18,19). The van der Waals surface area contributed by atoms with Gasteiger partial charge in [0.2, 0.25) is 5.91 Å². The molecule has 6 heteroatoms. The monoisotopic (exact) mass is 289 g/mol. The van der Waals surface area contributed by atoms with Crippen molar-refractivity contribution < 1.29 is 14.3 Å². The Morgan fingerprint density at radius 3 is 2.48 bits per heavy atom. The molecule has 0 bridgehead atoms. The Labute approximate surface area is 122 Å². The molecule has 112 valence electrons. The molecule has 1 heterocycles. The van der Waals surface area contributed by atoms with E-state index < -0.39 is 5.97 Å². The summed E-state index contributed by atoms with van der Waals surface area (Å²) >= 11 is 0. The molecule has 1 aromatic heterocycles. The second kappa shape index (κ2) is 3.87. The summed E-state index contributed by atoms with van der Waals surface area (Å²) in [5.74, 6) is 0.156. The maximum absolute atomic E-state index is 12.4. The molecule has 21 heavy (non-hydrogen) atoms. The van der Waals surface area contributed by atoms with Crippen LogP contribution in [0.5, 0.6) is 0 Å². The number of fused-ring (bicyclic) bond motifs is 1. The lowest BCUT2D eigenvalue weighted by Crippen LogP contribution is -2.16. The number of rotatable bonds is 4. The molecular weight excluding hydrogens is 270 g/mol. The number of amides is 1. The van der Waals surface area contributed by atoms with Gasteiger partial charge < -0.3 is 10.1 Å². The van der Waals surface area contributed by atoms with Crippen LogP contribution in [-0.2, 0) is 9.53 Å². The lowest BCUT2D eigenvalue weighted by molar-refractivity contribution is -0.118. The molecular formula is C15H19N3O3.